The summed E-state index contributed by atoms with van der Waals surface area (Å²) in [4.78, 5) is 23.5. The Balaban J connectivity index is 1.55. The number of fused-ring (bicyclic) bond motifs is 1. The van der Waals surface area contributed by atoms with Crippen LogP contribution >= 0.6 is 0 Å². The second-order valence-electron chi connectivity index (χ2n) is 7.13. The monoisotopic (exact) mass is 418 g/mol. The molecule has 30 heavy (non-hydrogen) atoms. The number of halogens is 2. The van der Waals surface area contributed by atoms with Gasteiger partial charge in [-0.25, -0.2) is 23.5 Å². The molecule has 0 radical (unpaired) electrons. The van der Waals surface area contributed by atoms with Crippen LogP contribution in [0.5, 0.6) is 0 Å². The van der Waals surface area contributed by atoms with Gasteiger partial charge in [-0.3, -0.25) is 0 Å². The summed E-state index contributed by atoms with van der Waals surface area (Å²) in [5.74, 6) is 1.58. The molecule has 0 aliphatic carbocycles. The minimum absolute atomic E-state index is 0.499. The van der Waals surface area contributed by atoms with Crippen molar-refractivity contribution in [3.05, 3.63) is 35.5 Å². The standard InChI is InChI=1S/C20H24F2N6O2/c21-17(22)12-24-20(29)25-14-3-1-13(2-4-14)18-26-16-11-23-6-5-15(16)19(27-18)28-7-9-30-10-8-28/h1-4,17,23H,5-12H2,(H2,24,25,29). The van der Waals surface area contributed by atoms with Crippen molar-refractivity contribution in [2.75, 3.05) is 49.6 Å². The molecule has 2 aliphatic heterocycles. The van der Waals surface area contributed by atoms with Gasteiger partial charge in [0, 0.05) is 36.4 Å². The van der Waals surface area contributed by atoms with E-state index in [1.807, 2.05) is 12.1 Å². The number of hydrogen-bond donors (Lipinski definition) is 3. The lowest BCUT2D eigenvalue weighted by atomic mass is 10.1. The van der Waals surface area contributed by atoms with Crippen LogP contribution < -0.4 is 20.9 Å². The van der Waals surface area contributed by atoms with E-state index >= 15 is 0 Å². The first kappa shape index (κ1) is 20.4. The molecule has 1 saturated heterocycles. The summed E-state index contributed by atoms with van der Waals surface area (Å²) in [7, 11) is 0. The average Bonchev–Trinajstić information content (AvgIpc) is 2.78. The van der Waals surface area contributed by atoms with E-state index in [9.17, 15) is 13.6 Å². The summed E-state index contributed by atoms with van der Waals surface area (Å²) in [5, 5.41) is 8.00. The number of carbonyl (C=O) groups is 1. The smallest absolute Gasteiger partial charge is 0.319 e. The molecule has 2 aromatic rings. The molecule has 160 valence electrons. The predicted molar refractivity (Wildman–Crippen MR) is 109 cm³/mol. The molecule has 4 rings (SSSR count). The Morgan fingerprint density at radius 1 is 1.20 bits per heavy atom. The van der Waals surface area contributed by atoms with Crippen LogP contribution in [0.3, 0.4) is 0 Å². The number of benzene rings is 1. The molecule has 2 aliphatic rings. The van der Waals surface area contributed by atoms with Crippen molar-refractivity contribution >= 4 is 17.5 Å². The van der Waals surface area contributed by atoms with Gasteiger partial charge in [-0.1, -0.05) is 0 Å². The van der Waals surface area contributed by atoms with Crippen molar-refractivity contribution in [1.82, 2.24) is 20.6 Å². The minimum Gasteiger partial charge on any atom is -0.378 e. The first-order chi connectivity index (χ1) is 14.6. The number of carbonyl (C=O) groups excluding carboxylic acids is 1. The highest BCUT2D eigenvalue weighted by molar-refractivity contribution is 5.89. The number of nitrogens with one attached hydrogen (secondary N) is 3. The van der Waals surface area contributed by atoms with Crippen molar-refractivity contribution < 1.29 is 18.3 Å². The molecule has 0 saturated carbocycles. The summed E-state index contributed by atoms with van der Waals surface area (Å²) < 4.78 is 29.9. The lowest BCUT2D eigenvalue weighted by molar-refractivity contribution is 0.122. The van der Waals surface area contributed by atoms with Crippen molar-refractivity contribution in [3.8, 4) is 11.4 Å². The van der Waals surface area contributed by atoms with Crippen LogP contribution in [0.1, 0.15) is 11.3 Å². The Morgan fingerprint density at radius 2 is 1.97 bits per heavy atom. The normalized spacial score (nSPS) is 16.3. The van der Waals surface area contributed by atoms with Gasteiger partial charge < -0.3 is 25.6 Å². The van der Waals surface area contributed by atoms with E-state index in [0.717, 1.165) is 43.1 Å². The van der Waals surface area contributed by atoms with Crippen molar-refractivity contribution in [3.63, 3.8) is 0 Å². The fraction of sp³-hybridized carbons (Fsp3) is 0.450. The molecule has 8 nitrogen and oxygen atoms in total. The predicted octanol–water partition coefficient (Wildman–Crippen LogP) is 2.01. The zero-order valence-corrected chi connectivity index (χ0v) is 16.5. The van der Waals surface area contributed by atoms with Crippen LogP contribution in [0.25, 0.3) is 11.4 Å². The molecule has 3 heterocycles. The maximum atomic E-state index is 12.2. The fourth-order valence-corrected chi connectivity index (χ4v) is 3.55. The van der Waals surface area contributed by atoms with Gasteiger partial charge in [-0.05, 0) is 37.2 Å². The molecule has 0 unspecified atom stereocenters. The summed E-state index contributed by atoms with van der Waals surface area (Å²) in [6.07, 6.45) is -1.70. The van der Waals surface area contributed by atoms with E-state index in [1.165, 1.54) is 5.56 Å². The number of ether oxygens (including phenoxy) is 1. The van der Waals surface area contributed by atoms with Gasteiger partial charge in [0.25, 0.3) is 6.43 Å². The molecule has 1 aromatic heterocycles. The molecule has 1 fully saturated rings. The average molecular weight is 418 g/mol. The Morgan fingerprint density at radius 3 is 2.70 bits per heavy atom. The maximum Gasteiger partial charge on any atom is 0.319 e. The third-order valence-corrected chi connectivity index (χ3v) is 5.04. The zero-order valence-electron chi connectivity index (χ0n) is 16.5. The van der Waals surface area contributed by atoms with Gasteiger partial charge in [0.2, 0.25) is 0 Å². The van der Waals surface area contributed by atoms with Crippen LogP contribution in [0, 0.1) is 0 Å². The molecule has 0 spiro atoms. The highest BCUT2D eigenvalue weighted by Crippen LogP contribution is 2.28. The highest BCUT2D eigenvalue weighted by Gasteiger charge is 2.23. The number of hydrogen-bond acceptors (Lipinski definition) is 6. The largest absolute Gasteiger partial charge is 0.378 e. The SMILES string of the molecule is O=C(NCC(F)F)Nc1ccc(-c2nc3c(c(N4CCOCC4)n2)CCNC3)cc1. The zero-order chi connectivity index (χ0) is 20.9. The second-order valence-corrected chi connectivity index (χ2v) is 7.13. The van der Waals surface area contributed by atoms with Crippen LogP contribution in [0.4, 0.5) is 25.1 Å². The molecule has 10 heteroatoms. The van der Waals surface area contributed by atoms with Gasteiger partial charge in [0.15, 0.2) is 5.82 Å². The Kier molecular flexibility index (Phi) is 6.34. The Labute approximate surface area is 173 Å². The van der Waals surface area contributed by atoms with Crippen LogP contribution in [0.15, 0.2) is 24.3 Å². The molecule has 0 bridgehead atoms. The first-order valence-electron chi connectivity index (χ1n) is 9.97. The number of alkyl halides is 2. The van der Waals surface area contributed by atoms with Crippen molar-refractivity contribution in [2.24, 2.45) is 0 Å². The van der Waals surface area contributed by atoms with Crippen molar-refractivity contribution in [2.45, 2.75) is 19.4 Å². The van der Waals surface area contributed by atoms with E-state index in [2.05, 4.69) is 20.9 Å². The summed E-state index contributed by atoms with van der Waals surface area (Å²) in [6, 6.07) is 6.35. The van der Waals surface area contributed by atoms with Crippen LogP contribution in [-0.4, -0.2) is 61.8 Å². The first-order valence-corrected chi connectivity index (χ1v) is 9.97. The quantitative estimate of drug-likeness (QED) is 0.688. The summed E-state index contributed by atoms with van der Waals surface area (Å²) in [6.45, 7) is 3.87. The highest BCUT2D eigenvalue weighted by atomic mass is 19.3. The van der Waals surface area contributed by atoms with Gasteiger partial charge in [-0.15, -0.1) is 0 Å². The van der Waals surface area contributed by atoms with E-state index in [1.54, 1.807) is 12.1 Å². The topological polar surface area (TPSA) is 91.4 Å². The Bertz CT molecular complexity index is 888. The minimum atomic E-state index is -2.59. The van der Waals surface area contributed by atoms with E-state index in [-0.39, 0.29) is 0 Å². The summed E-state index contributed by atoms with van der Waals surface area (Å²) in [5.41, 5.74) is 3.50. The van der Waals surface area contributed by atoms with Gasteiger partial charge in [-0.2, -0.15) is 0 Å². The number of morpholine rings is 1. The summed E-state index contributed by atoms with van der Waals surface area (Å²) >= 11 is 0. The lowest BCUT2D eigenvalue weighted by Crippen LogP contribution is -2.39. The number of rotatable bonds is 5. The molecule has 2 amide bonds. The number of aromatic nitrogens is 2. The number of anilines is 2. The number of amides is 2. The fourth-order valence-electron chi connectivity index (χ4n) is 3.55. The lowest BCUT2D eigenvalue weighted by Gasteiger charge is -2.31. The van der Waals surface area contributed by atoms with E-state index in [4.69, 9.17) is 14.7 Å². The number of urea groups is 1. The van der Waals surface area contributed by atoms with E-state index < -0.39 is 19.0 Å². The third-order valence-electron chi connectivity index (χ3n) is 5.04. The second kappa shape index (κ2) is 9.31. The van der Waals surface area contributed by atoms with Crippen molar-refractivity contribution in [1.29, 1.82) is 0 Å². The number of nitrogens with zero attached hydrogens (tertiary/aromatic N) is 3. The maximum absolute atomic E-state index is 12.2. The van der Waals surface area contributed by atoms with Gasteiger partial charge >= 0.3 is 6.03 Å². The third kappa shape index (κ3) is 4.82. The molecule has 0 atom stereocenters. The molecular weight excluding hydrogens is 394 g/mol. The van der Waals surface area contributed by atoms with Crippen LogP contribution in [-0.2, 0) is 17.7 Å². The molecule has 1 aromatic carbocycles. The molecular formula is C20H24F2N6O2. The Hall–Kier alpha value is -2.85. The van der Waals surface area contributed by atoms with E-state index in [0.29, 0.717) is 31.3 Å². The van der Waals surface area contributed by atoms with Crippen LogP contribution in [0.2, 0.25) is 0 Å². The van der Waals surface area contributed by atoms with Gasteiger partial charge in [0.1, 0.15) is 5.82 Å². The molecule has 3 N–H and O–H groups in total. The van der Waals surface area contributed by atoms with Gasteiger partial charge in [0.05, 0.1) is 25.5 Å².